The maximum Gasteiger partial charge on any atom is 2.00 e. The van der Waals surface area contributed by atoms with E-state index in [1.165, 1.54) is 47.8 Å². The monoisotopic (exact) mass is 1960 g/mol. The number of hydrogen-bond acceptors (Lipinski definition) is 22. The molecule has 141 heavy (non-hydrogen) atoms. The average molecular weight is 1970 g/mol. The van der Waals surface area contributed by atoms with Gasteiger partial charge in [-0.3, -0.25) is 9.59 Å². The summed E-state index contributed by atoms with van der Waals surface area (Å²) in [7, 11) is 0. The molecule has 6 aliphatic rings. The van der Waals surface area contributed by atoms with E-state index in [4.69, 9.17) is 50.2 Å². The first kappa shape index (κ1) is 91.2. The predicted octanol–water partition coefficient (Wildman–Crippen LogP) is 25.5. The summed E-state index contributed by atoms with van der Waals surface area (Å²) in [6.07, 6.45) is 13.6. The van der Waals surface area contributed by atoms with Crippen molar-refractivity contribution in [3.8, 4) is 85.7 Å². The topological polar surface area (TPSA) is 318 Å². The number of ether oxygens (including phenoxy) is 5. The van der Waals surface area contributed by atoms with Crippen LogP contribution in [0.2, 0.25) is 0 Å². The molecule has 3 N–H and O–H groups in total. The third-order valence-corrected chi connectivity index (χ3v) is 28.2. The fourth-order valence-corrected chi connectivity index (χ4v) is 21.8. The molecule has 0 radical (unpaired) electrons. The number of carbonyl (C=O) groups is 4. The van der Waals surface area contributed by atoms with E-state index in [1.807, 2.05) is 303 Å². The molecule has 0 saturated heterocycles. The van der Waals surface area contributed by atoms with E-state index in [1.54, 1.807) is 53.9 Å². The zero-order chi connectivity index (χ0) is 95.6. The van der Waals surface area contributed by atoms with Gasteiger partial charge < -0.3 is 68.6 Å². The van der Waals surface area contributed by atoms with Gasteiger partial charge in [-0.25, -0.2) is 24.4 Å². The van der Waals surface area contributed by atoms with Gasteiger partial charge in [-0.2, -0.15) is 15.8 Å². The molecule has 0 atom stereocenters. The van der Waals surface area contributed by atoms with Crippen LogP contribution in [0.4, 0.5) is 45.5 Å². The van der Waals surface area contributed by atoms with Gasteiger partial charge >= 0.3 is 37.4 Å². The number of benzene rings is 12. The molecule has 0 saturated carbocycles. The van der Waals surface area contributed by atoms with E-state index in [2.05, 4.69) is 24.4 Å². The molecule has 29 heteroatoms. The van der Waals surface area contributed by atoms with E-state index in [-0.39, 0.29) is 69.8 Å². The largest absolute Gasteiger partial charge is 2.00 e. The Labute approximate surface area is 836 Å². The van der Waals surface area contributed by atoms with Gasteiger partial charge in [0.2, 0.25) is 5.76 Å². The number of carboxylic acid groups (broad SMARTS) is 3. The number of carbonyl (C=O) groups excluding carboxylic acids is 1. The fourth-order valence-electron chi connectivity index (χ4n) is 17.2. The van der Waals surface area contributed by atoms with Crippen LogP contribution in [-0.4, -0.2) is 76.6 Å². The molecule has 674 valence electrons. The second kappa shape index (κ2) is 39.7. The quantitative estimate of drug-likeness (QED) is 0.0119. The Bertz CT molecular complexity index is 7640. The van der Waals surface area contributed by atoms with Crippen LogP contribution in [0.3, 0.4) is 0 Å². The van der Waals surface area contributed by atoms with Gasteiger partial charge in [0.05, 0.1) is 74.8 Å². The predicted molar refractivity (Wildman–Crippen MR) is 543 cm³/mol. The summed E-state index contributed by atoms with van der Waals surface area (Å²) in [5.41, 5.74) is 18.8. The molecule has 0 spiro atoms. The minimum absolute atomic E-state index is 0. The zero-order valence-electron chi connectivity index (χ0n) is 74.0. The molecule has 0 unspecified atom stereocenters. The summed E-state index contributed by atoms with van der Waals surface area (Å²) >= 11 is 6.20. The number of nitrogens with zero attached hydrogens (tertiary/aromatic N) is 12. The Kier molecular flexibility index (Phi) is 25.7. The van der Waals surface area contributed by atoms with Gasteiger partial charge in [-0.15, -0.1) is 22.1 Å². The molecule has 24 nitrogen and oxygen atoms in total. The molecule has 0 fully saturated rings. The Morgan fingerprint density at radius 2 is 0.617 bits per heavy atom. The number of anilines is 8. The van der Waals surface area contributed by atoms with Crippen molar-refractivity contribution in [3.05, 3.63) is 370 Å². The minimum Gasteiger partial charge on any atom is -0.657 e. The van der Waals surface area contributed by atoms with Crippen LogP contribution in [0, 0.1) is 40.6 Å². The van der Waals surface area contributed by atoms with Crippen LogP contribution in [0.25, 0.3) is 120 Å². The summed E-state index contributed by atoms with van der Waals surface area (Å²) in [6.45, 7) is 8.11. The molecule has 21 rings (SSSR count). The first-order chi connectivity index (χ1) is 68.5. The second-order valence-corrected chi connectivity index (χ2v) is 36.5. The van der Waals surface area contributed by atoms with Crippen LogP contribution in [0.15, 0.2) is 353 Å². The van der Waals surface area contributed by atoms with Gasteiger partial charge in [-0.1, -0.05) is 193 Å². The van der Waals surface area contributed by atoms with Crippen molar-refractivity contribution < 1.29 is 77.7 Å². The summed E-state index contributed by atoms with van der Waals surface area (Å²) in [5.74, 6) is -1.85. The van der Waals surface area contributed by atoms with Crippen molar-refractivity contribution in [2.24, 2.45) is 0 Å². The molecule has 8 bridgehead atoms. The standard InChI is InChI=1S/C112H70N12O12S4.Zn/c1-116-89(112(130)131)53-69-21-49-97-105(57-69)140-101-17-9-5-13-93(101)124(97)64-135-79-36-28-73(29-37-79)109-87-44-40-83(119-87)106(70-22-30-76(31-23-70)132-61-121-90-10-2-6-14-98(90)137-102-54-66(18-46-94(102)121)50-74(58-113)110(126)127)81-38-42-85(117-81)108(72-26-34-78(35-27-72)134-63-123-92-12-4-8-16-100(92)139-104-56-68(20-48-96(104)123)52-80(60-115)136-65-125)86-43-39-82(118-86)107(84-41-45-88(109)120-84)71-24-32-77(33-25-71)133-62-122-91-11-3-7-15-99(91)138-103-55-67(19-47-95(103)122)51-75(59-114)111(128)129;/h2-57,65H,61-64H2,(H5,117,118,119,120,126,127,128,129,130,131);/q;+2/p-2/b74-50-,75-51-,80-52+,89-53-,106-81?,106-83?,107-82?,107-84?,108-85?,108-86?,109-87?,109-88?;. The van der Waals surface area contributed by atoms with Crippen molar-refractivity contribution in [2.45, 2.75) is 39.2 Å². The Balaban J connectivity index is 0.0000122. The van der Waals surface area contributed by atoms with Crippen molar-refractivity contribution in [2.75, 3.05) is 46.5 Å². The van der Waals surface area contributed by atoms with E-state index >= 15 is 0 Å². The van der Waals surface area contributed by atoms with Crippen LogP contribution in [0.5, 0.6) is 23.0 Å². The molecular weight excluding hydrogens is 1900 g/mol. The van der Waals surface area contributed by atoms with E-state index in [9.17, 15) is 50.3 Å². The van der Waals surface area contributed by atoms with Gasteiger partial charge in [0.15, 0.2) is 26.9 Å². The number of allylic oxidation sites excluding steroid dienone is 1. The zero-order valence-corrected chi connectivity index (χ0v) is 80.2. The number of aromatic nitrogens is 4. The summed E-state index contributed by atoms with van der Waals surface area (Å²) in [4.78, 5) is 88.5. The van der Waals surface area contributed by atoms with E-state index in [0.29, 0.717) is 112 Å². The number of hydrogen-bond donors (Lipinski definition) is 3. The van der Waals surface area contributed by atoms with Crippen LogP contribution in [-0.2, 0) is 43.4 Å². The van der Waals surface area contributed by atoms with Crippen LogP contribution >= 0.6 is 47.0 Å². The first-order valence-corrected chi connectivity index (χ1v) is 46.8. The van der Waals surface area contributed by atoms with E-state index < -0.39 is 23.6 Å². The fraction of sp³-hybridized carbons (Fsp3) is 0.0357. The summed E-state index contributed by atoms with van der Waals surface area (Å²) in [6, 6.07) is 99.1. The van der Waals surface area contributed by atoms with Crippen molar-refractivity contribution >= 4 is 188 Å². The minimum atomic E-state index is -1.32. The average Bonchev–Trinajstić information content (AvgIpc) is 1.64. The summed E-state index contributed by atoms with van der Waals surface area (Å²) in [5, 5.41) is 58.2. The van der Waals surface area contributed by atoms with Gasteiger partial charge in [-0.05, 0) is 261 Å². The van der Waals surface area contributed by atoms with Crippen molar-refractivity contribution in [3.63, 3.8) is 0 Å². The number of aliphatic carboxylic acids is 3. The number of rotatable bonds is 25. The van der Waals surface area contributed by atoms with E-state index in [0.717, 1.165) is 107 Å². The van der Waals surface area contributed by atoms with Crippen LogP contribution < -0.4 is 48.5 Å². The van der Waals surface area contributed by atoms with Gasteiger partial charge in [0.25, 0.3) is 12.2 Å². The molecule has 6 aliphatic heterocycles. The smallest absolute Gasteiger partial charge is 0.657 e. The second-order valence-electron chi connectivity index (χ2n) is 32.2. The SMILES string of the molecule is [C-]#[N+]/C(=C\c1ccc2c(c1)Sc1ccccc1N2COc1ccc(-c2c3nc(c(-c4ccc(OCN5c6ccccc6Sc6cc(/C=C(/C#N)C(=O)O)ccc65)cc4)c4ccc([n-]4)c(-c4ccc(OCN5c6ccccc6Sc6cc(/C=C(\C#N)OC=O)ccc65)cc4)c4nc(c(-c5ccc(OCN6c7ccccc7Sc7cc(/C=C(/C#N)C(=O)O)ccc76)cc5)c5ccc2[n-]5)C=C4)C=C3)cc1)C(=O)O.[Zn+2]. The summed E-state index contributed by atoms with van der Waals surface area (Å²) < 4.78 is 32.0. The molecule has 12 aromatic carbocycles. The molecule has 0 amide bonds. The number of para-hydroxylation sites is 4. The molecule has 3 aromatic heterocycles. The Morgan fingerprint density at radius 3 is 0.872 bits per heavy atom. The molecule has 9 heterocycles. The Morgan fingerprint density at radius 1 is 0.348 bits per heavy atom. The molecule has 0 aliphatic carbocycles. The van der Waals surface area contributed by atoms with Crippen LogP contribution in [0.1, 0.15) is 45.0 Å². The van der Waals surface area contributed by atoms with Crippen molar-refractivity contribution in [1.29, 1.82) is 15.8 Å². The van der Waals surface area contributed by atoms with Gasteiger partial charge in [0, 0.05) is 39.2 Å². The molecular formula is C112H68N12O12S4Zn. The number of fused-ring (bicyclic) bond motifs is 16. The first-order valence-electron chi connectivity index (χ1n) is 43.5. The third kappa shape index (κ3) is 18.6. The molecule has 15 aromatic rings. The normalized spacial score (nSPS) is 13.0. The maximum absolute atomic E-state index is 11.9. The Hall–Kier alpha value is -17.5. The van der Waals surface area contributed by atoms with Crippen molar-refractivity contribution in [1.82, 2.24) is 19.9 Å². The third-order valence-electron chi connectivity index (χ3n) is 23.8. The van der Waals surface area contributed by atoms with Gasteiger partial charge in [0.1, 0.15) is 52.4 Å². The maximum atomic E-state index is 11.9. The number of carboxylic acids is 3. The number of nitriles is 3.